The summed E-state index contributed by atoms with van der Waals surface area (Å²) in [4.78, 5) is 36.4. The topological polar surface area (TPSA) is 108 Å². The molecule has 0 bridgehead atoms. The van der Waals surface area contributed by atoms with Crippen molar-refractivity contribution < 1.29 is 24.2 Å². The summed E-state index contributed by atoms with van der Waals surface area (Å²) in [5.41, 5.74) is 0.0260. The van der Waals surface area contributed by atoms with Gasteiger partial charge in [-0.25, -0.2) is 9.59 Å². The quantitative estimate of drug-likeness (QED) is 0.750. The van der Waals surface area contributed by atoms with Crippen LogP contribution in [-0.2, 0) is 9.53 Å². The van der Waals surface area contributed by atoms with Crippen LogP contribution in [0, 0.1) is 0 Å². The van der Waals surface area contributed by atoms with Crippen LogP contribution in [0.5, 0.6) is 0 Å². The summed E-state index contributed by atoms with van der Waals surface area (Å²) in [6.45, 7) is 0.707. The molecule has 9 heteroatoms. The molecule has 0 radical (unpaired) electrons. The highest BCUT2D eigenvalue weighted by Crippen LogP contribution is 2.24. The van der Waals surface area contributed by atoms with Crippen molar-refractivity contribution >= 4 is 34.2 Å². The third-order valence-corrected chi connectivity index (χ3v) is 3.88. The summed E-state index contributed by atoms with van der Waals surface area (Å²) in [5.74, 6) is -1.44. The van der Waals surface area contributed by atoms with Gasteiger partial charge in [0.05, 0.1) is 18.8 Å². The smallest absolute Gasteiger partial charge is 0.338 e. The maximum atomic E-state index is 12.3. The molecule has 1 unspecified atom stereocenters. The van der Waals surface area contributed by atoms with Crippen molar-refractivity contribution in [3.63, 3.8) is 0 Å². The SMILES string of the molecule is CNC(=O)C1COCCN1C(=O)Nc1sccc1C(=O)O. The highest BCUT2D eigenvalue weighted by atomic mass is 32.1. The van der Waals surface area contributed by atoms with E-state index in [2.05, 4.69) is 10.6 Å². The Morgan fingerprint density at radius 2 is 2.24 bits per heavy atom. The van der Waals surface area contributed by atoms with Crippen LogP contribution >= 0.6 is 11.3 Å². The highest BCUT2D eigenvalue weighted by Gasteiger charge is 2.32. The van der Waals surface area contributed by atoms with Crippen LogP contribution in [0.4, 0.5) is 9.80 Å². The number of hydrogen-bond acceptors (Lipinski definition) is 5. The van der Waals surface area contributed by atoms with Gasteiger partial charge in [-0.05, 0) is 11.4 Å². The van der Waals surface area contributed by atoms with E-state index in [0.29, 0.717) is 6.61 Å². The lowest BCUT2D eigenvalue weighted by Crippen LogP contribution is -2.56. The zero-order valence-corrected chi connectivity index (χ0v) is 12.1. The zero-order valence-electron chi connectivity index (χ0n) is 11.3. The first-order valence-corrected chi connectivity index (χ1v) is 7.10. The third kappa shape index (κ3) is 3.31. The van der Waals surface area contributed by atoms with Crippen molar-refractivity contribution in [2.45, 2.75) is 6.04 Å². The number of thiophene rings is 1. The minimum Gasteiger partial charge on any atom is -0.478 e. The molecule has 0 aliphatic carbocycles. The Balaban J connectivity index is 2.12. The van der Waals surface area contributed by atoms with Crippen LogP contribution in [0.2, 0.25) is 0 Å². The standard InChI is InChI=1S/C12H15N3O5S/c1-13-9(16)8-6-20-4-3-15(8)12(19)14-10-7(11(17)18)2-5-21-10/h2,5,8H,3-4,6H2,1H3,(H,13,16)(H,14,19)(H,17,18). The molecule has 2 rings (SSSR count). The minimum absolute atomic E-state index is 0.0260. The van der Waals surface area contributed by atoms with E-state index in [4.69, 9.17) is 9.84 Å². The monoisotopic (exact) mass is 313 g/mol. The third-order valence-electron chi connectivity index (χ3n) is 3.05. The maximum Gasteiger partial charge on any atom is 0.338 e. The van der Waals surface area contributed by atoms with Crippen LogP contribution in [-0.4, -0.2) is 60.8 Å². The number of carbonyl (C=O) groups excluding carboxylic acids is 2. The fourth-order valence-electron chi connectivity index (χ4n) is 1.97. The van der Waals surface area contributed by atoms with Gasteiger partial charge in [0.15, 0.2) is 0 Å². The van der Waals surface area contributed by atoms with E-state index in [1.54, 1.807) is 5.38 Å². The van der Waals surface area contributed by atoms with Gasteiger partial charge in [0, 0.05) is 13.6 Å². The molecule has 1 aliphatic heterocycles. The second-order valence-electron chi connectivity index (χ2n) is 4.30. The molecule has 0 saturated carbocycles. The first-order valence-electron chi connectivity index (χ1n) is 6.22. The summed E-state index contributed by atoms with van der Waals surface area (Å²) < 4.78 is 5.21. The second-order valence-corrected chi connectivity index (χ2v) is 5.21. The Kier molecular flexibility index (Phi) is 4.76. The summed E-state index contributed by atoms with van der Waals surface area (Å²) >= 11 is 1.11. The van der Waals surface area contributed by atoms with Crippen LogP contribution in [0.1, 0.15) is 10.4 Å². The number of nitrogens with zero attached hydrogens (tertiary/aromatic N) is 1. The van der Waals surface area contributed by atoms with Crippen LogP contribution < -0.4 is 10.6 Å². The summed E-state index contributed by atoms with van der Waals surface area (Å²) in [6.07, 6.45) is 0. The average molecular weight is 313 g/mol. The molecule has 3 amide bonds. The molecule has 114 valence electrons. The van der Waals surface area contributed by atoms with E-state index < -0.39 is 18.0 Å². The molecule has 0 aromatic carbocycles. The number of aromatic carboxylic acids is 1. The predicted octanol–water partition coefficient (Wildman–Crippen LogP) is 0.425. The number of anilines is 1. The number of nitrogens with one attached hydrogen (secondary N) is 2. The van der Waals surface area contributed by atoms with E-state index in [9.17, 15) is 14.4 Å². The summed E-state index contributed by atoms with van der Waals surface area (Å²) in [7, 11) is 1.48. The lowest BCUT2D eigenvalue weighted by atomic mass is 10.2. The Morgan fingerprint density at radius 1 is 1.48 bits per heavy atom. The van der Waals surface area contributed by atoms with Crippen LogP contribution in [0.25, 0.3) is 0 Å². The zero-order chi connectivity index (χ0) is 15.4. The van der Waals surface area contributed by atoms with Crippen molar-refractivity contribution in [1.82, 2.24) is 10.2 Å². The molecule has 1 saturated heterocycles. The average Bonchev–Trinajstić information content (AvgIpc) is 2.94. The molecule has 21 heavy (non-hydrogen) atoms. The number of amides is 3. The molecule has 3 N–H and O–H groups in total. The molecule has 0 spiro atoms. The predicted molar refractivity (Wildman–Crippen MR) is 75.7 cm³/mol. The van der Waals surface area contributed by atoms with Gasteiger partial charge in [0.1, 0.15) is 11.0 Å². The van der Waals surface area contributed by atoms with Gasteiger partial charge in [-0.3, -0.25) is 10.1 Å². The van der Waals surface area contributed by atoms with Gasteiger partial charge >= 0.3 is 12.0 Å². The van der Waals surface area contributed by atoms with Gasteiger partial charge < -0.3 is 20.1 Å². The number of morpholine rings is 1. The number of urea groups is 1. The van der Waals surface area contributed by atoms with Gasteiger partial charge in [-0.1, -0.05) is 0 Å². The molecule has 8 nitrogen and oxygen atoms in total. The molecule has 1 fully saturated rings. The number of likely N-dealkylation sites (N-methyl/N-ethyl adjacent to an activating group) is 1. The van der Waals surface area contributed by atoms with Gasteiger partial charge in [-0.15, -0.1) is 11.3 Å². The van der Waals surface area contributed by atoms with E-state index in [0.717, 1.165) is 11.3 Å². The van der Waals surface area contributed by atoms with Crippen molar-refractivity contribution in [3.8, 4) is 0 Å². The largest absolute Gasteiger partial charge is 0.478 e. The molecular weight excluding hydrogens is 298 g/mol. The van der Waals surface area contributed by atoms with E-state index >= 15 is 0 Å². The number of carboxylic acids is 1. The van der Waals surface area contributed by atoms with Crippen molar-refractivity contribution in [1.29, 1.82) is 0 Å². The number of ether oxygens (including phenoxy) is 1. The first-order chi connectivity index (χ1) is 10.0. The molecule has 1 aliphatic rings. The first kappa shape index (κ1) is 15.3. The van der Waals surface area contributed by atoms with Crippen molar-refractivity contribution in [2.24, 2.45) is 0 Å². The number of carboxylic acid groups (broad SMARTS) is 1. The van der Waals surface area contributed by atoms with Crippen molar-refractivity contribution in [3.05, 3.63) is 17.0 Å². The fourth-order valence-corrected chi connectivity index (χ4v) is 2.74. The molecule has 1 atom stereocenters. The Morgan fingerprint density at radius 3 is 2.90 bits per heavy atom. The Labute approximate surface area is 124 Å². The minimum atomic E-state index is -1.11. The van der Waals surface area contributed by atoms with Gasteiger partial charge in [-0.2, -0.15) is 0 Å². The van der Waals surface area contributed by atoms with Crippen LogP contribution in [0.15, 0.2) is 11.4 Å². The Hall–Kier alpha value is -2.13. The fraction of sp³-hybridized carbons (Fsp3) is 0.417. The highest BCUT2D eigenvalue weighted by molar-refractivity contribution is 7.14. The summed E-state index contributed by atoms with van der Waals surface area (Å²) in [6, 6.07) is 0.173. The van der Waals surface area contributed by atoms with Crippen LogP contribution in [0.3, 0.4) is 0 Å². The number of carbonyl (C=O) groups is 3. The van der Waals surface area contributed by atoms with E-state index in [-0.39, 0.29) is 29.6 Å². The molecule has 2 heterocycles. The summed E-state index contributed by atoms with van der Waals surface area (Å²) in [5, 5.41) is 15.9. The molecular formula is C12H15N3O5S. The lowest BCUT2D eigenvalue weighted by Gasteiger charge is -2.34. The van der Waals surface area contributed by atoms with Gasteiger partial charge in [0.25, 0.3) is 0 Å². The second kappa shape index (κ2) is 6.55. The van der Waals surface area contributed by atoms with Crippen molar-refractivity contribution in [2.75, 3.05) is 32.1 Å². The van der Waals surface area contributed by atoms with Gasteiger partial charge in [0.2, 0.25) is 5.91 Å². The van der Waals surface area contributed by atoms with E-state index in [1.807, 2.05) is 0 Å². The number of rotatable bonds is 3. The Bertz CT molecular complexity index is 559. The molecule has 1 aromatic rings. The maximum absolute atomic E-state index is 12.3. The van der Waals surface area contributed by atoms with E-state index in [1.165, 1.54) is 18.0 Å². The number of hydrogen-bond donors (Lipinski definition) is 3. The lowest BCUT2D eigenvalue weighted by molar-refractivity contribution is -0.129. The molecule has 1 aromatic heterocycles. The normalized spacial score (nSPS) is 18.1.